The Morgan fingerprint density at radius 3 is 2.52 bits per heavy atom. The predicted molar refractivity (Wildman–Crippen MR) is 97.8 cm³/mol. The molecule has 0 saturated carbocycles. The molecule has 1 aromatic carbocycles. The molecular formula is C18H21N3O3S. The Balaban J connectivity index is 1.71. The topological polar surface area (TPSA) is 79.4 Å². The smallest absolute Gasteiger partial charge is 0.255 e. The van der Waals surface area contributed by atoms with E-state index in [2.05, 4.69) is 15.2 Å². The molecular weight excluding hydrogens is 338 g/mol. The number of hydrogen-bond donors (Lipinski definition) is 1. The largest absolute Gasteiger partial charge is 0.357 e. The summed E-state index contributed by atoms with van der Waals surface area (Å²) in [6.07, 6.45) is 6.36. The highest BCUT2D eigenvalue weighted by atomic mass is 32.2. The number of rotatable bonds is 4. The van der Waals surface area contributed by atoms with Crippen LogP contribution in [-0.4, -0.2) is 38.7 Å². The van der Waals surface area contributed by atoms with Crippen molar-refractivity contribution < 1.29 is 13.2 Å². The number of carbonyl (C=O) groups is 1. The zero-order valence-corrected chi connectivity index (χ0v) is 14.9. The summed E-state index contributed by atoms with van der Waals surface area (Å²) in [7, 11) is -3.35. The van der Waals surface area contributed by atoms with E-state index in [-0.39, 0.29) is 10.8 Å². The van der Waals surface area contributed by atoms with Crippen LogP contribution >= 0.6 is 0 Å². The predicted octanol–water partition coefficient (Wildman–Crippen LogP) is 2.73. The molecule has 6 nitrogen and oxygen atoms in total. The quantitative estimate of drug-likeness (QED) is 0.908. The number of benzene rings is 1. The fraction of sp³-hybridized carbons (Fsp3) is 0.333. The van der Waals surface area contributed by atoms with E-state index in [0.29, 0.717) is 11.3 Å². The van der Waals surface area contributed by atoms with Gasteiger partial charge in [0.1, 0.15) is 5.82 Å². The van der Waals surface area contributed by atoms with E-state index in [0.717, 1.165) is 25.2 Å². The lowest BCUT2D eigenvalue weighted by molar-refractivity contribution is 0.102. The van der Waals surface area contributed by atoms with Gasteiger partial charge in [-0.1, -0.05) is 6.07 Å². The summed E-state index contributed by atoms with van der Waals surface area (Å²) in [5, 5.41) is 2.75. The molecule has 0 unspecified atom stereocenters. The fourth-order valence-electron chi connectivity index (χ4n) is 2.84. The van der Waals surface area contributed by atoms with Gasteiger partial charge >= 0.3 is 0 Å². The number of anilines is 2. The Labute approximate surface area is 147 Å². The minimum absolute atomic E-state index is 0.124. The lowest BCUT2D eigenvalue weighted by Gasteiger charge is -2.27. The molecule has 1 N–H and O–H groups in total. The van der Waals surface area contributed by atoms with Crippen LogP contribution in [0.25, 0.3) is 0 Å². The molecule has 1 aromatic heterocycles. The third kappa shape index (κ3) is 4.36. The van der Waals surface area contributed by atoms with Crippen LogP contribution in [0.3, 0.4) is 0 Å². The molecule has 0 radical (unpaired) electrons. The van der Waals surface area contributed by atoms with Crippen LogP contribution in [-0.2, 0) is 9.84 Å². The number of sulfone groups is 1. The molecule has 1 amide bonds. The standard InChI is InChI=1S/C18H21N3O3S/c1-25(23,24)16-7-5-6-14(12-16)18(22)20-15-8-9-17(19-13-15)21-10-3-2-4-11-21/h5-9,12-13H,2-4,10-11H2,1H3,(H,20,22). The molecule has 0 atom stereocenters. The van der Waals surface area contributed by atoms with E-state index in [1.807, 2.05) is 12.1 Å². The van der Waals surface area contributed by atoms with Crippen LogP contribution in [0.4, 0.5) is 11.5 Å². The Kier molecular flexibility index (Phi) is 5.03. The van der Waals surface area contributed by atoms with Crippen molar-refractivity contribution in [3.63, 3.8) is 0 Å². The van der Waals surface area contributed by atoms with Crippen LogP contribution in [0.15, 0.2) is 47.5 Å². The first-order valence-electron chi connectivity index (χ1n) is 8.26. The Bertz CT molecular complexity index is 857. The molecule has 1 fully saturated rings. The van der Waals surface area contributed by atoms with Gasteiger partial charge in [0.25, 0.3) is 5.91 Å². The summed E-state index contributed by atoms with van der Waals surface area (Å²) in [5.74, 6) is 0.551. The molecule has 3 rings (SSSR count). The number of aromatic nitrogens is 1. The number of piperidine rings is 1. The first-order valence-corrected chi connectivity index (χ1v) is 10.1. The second kappa shape index (κ2) is 7.23. The second-order valence-electron chi connectivity index (χ2n) is 6.21. The van der Waals surface area contributed by atoms with Crippen molar-refractivity contribution in [3.05, 3.63) is 48.2 Å². The van der Waals surface area contributed by atoms with Gasteiger partial charge in [0, 0.05) is 24.9 Å². The summed E-state index contributed by atoms with van der Waals surface area (Å²) >= 11 is 0. The minimum Gasteiger partial charge on any atom is -0.357 e. The van der Waals surface area contributed by atoms with Crippen molar-refractivity contribution in [1.29, 1.82) is 0 Å². The third-order valence-corrected chi connectivity index (χ3v) is 5.32. The van der Waals surface area contributed by atoms with Gasteiger partial charge in [0.05, 0.1) is 16.8 Å². The average Bonchev–Trinajstić information content (AvgIpc) is 2.62. The van der Waals surface area contributed by atoms with Gasteiger partial charge < -0.3 is 10.2 Å². The van der Waals surface area contributed by atoms with Gasteiger partial charge in [-0.2, -0.15) is 0 Å². The zero-order chi connectivity index (χ0) is 17.9. The van der Waals surface area contributed by atoms with Crippen LogP contribution in [0.5, 0.6) is 0 Å². The number of hydrogen-bond acceptors (Lipinski definition) is 5. The van der Waals surface area contributed by atoms with E-state index < -0.39 is 9.84 Å². The van der Waals surface area contributed by atoms with Crippen LogP contribution in [0.2, 0.25) is 0 Å². The molecule has 0 spiro atoms. The maximum atomic E-state index is 12.3. The van der Waals surface area contributed by atoms with Gasteiger partial charge in [0.2, 0.25) is 0 Å². The summed E-state index contributed by atoms with van der Waals surface area (Å²) in [5.41, 5.74) is 0.874. The monoisotopic (exact) mass is 359 g/mol. The summed E-state index contributed by atoms with van der Waals surface area (Å²) in [4.78, 5) is 19.1. The Morgan fingerprint density at radius 1 is 1.12 bits per heavy atom. The summed E-state index contributed by atoms with van der Waals surface area (Å²) < 4.78 is 23.2. The van der Waals surface area contributed by atoms with Gasteiger partial charge in [-0.15, -0.1) is 0 Å². The van der Waals surface area contributed by atoms with Crippen molar-refractivity contribution in [2.24, 2.45) is 0 Å². The normalized spacial score (nSPS) is 15.0. The number of nitrogens with one attached hydrogen (secondary N) is 1. The molecule has 2 aromatic rings. The molecule has 1 aliphatic rings. The van der Waals surface area contributed by atoms with Gasteiger partial charge in [-0.3, -0.25) is 4.79 Å². The first kappa shape index (κ1) is 17.4. The highest BCUT2D eigenvalue weighted by Crippen LogP contribution is 2.19. The minimum atomic E-state index is -3.35. The summed E-state index contributed by atoms with van der Waals surface area (Å²) in [6.45, 7) is 2.02. The molecule has 132 valence electrons. The molecule has 25 heavy (non-hydrogen) atoms. The fourth-order valence-corrected chi connectivity index (χ4v) is 3.51. The van der Waals surface area contributed by atoms with E-state index >= 15 is 0 Å². The van der Waals surface area contributed by atoms with E-state index in [4.69, 9.17) is 0 Å². The van der Waals surface area contributed by atoms with E-state index in [1.54, 1.807) is 18.3 Å². The van der Waals surface area contributed by atoms with Gasteiger partial charge in [-0.25, -0.2) is 13.4 Å². The number of pyridine rings is 1. The Morgan fingerprint density at radius 2 is 1.88 bits per heavy atom. The van der Waals surface area contributed by atoms with E-state index in [9.17, 15) is 13.2 Å². The molecule has 1 aliphatic heterocycles. The molecule has 0 aliphatic carbocycles. The SMILES string of the molecule is CS(=O)(=O)c1cccc(C(=O)Nc2ccc(N3CCCCC3)nc2)c1. The van der Waals surface area contributed by atoms with Crippen molar-refractivity contribution in [2.45, 2.75) is 24.2 Å². The number of amides is 1. The number of nitrogens with zero attached hydrogens (tertiary/aromatic N) is 2. The molecule has 2 heterocycles. The van der Waals surface area contributed by atoms with Gasteiger partial charge in [-0.05, 0) is 49.6 Å². The Hall–Kier alpha value is -2.41. The number of carbonyl (C=O) groups excluding carboxylic acids is 1. The molecule has 7 heteroatoms. The lowest BCUT2D eigenvalue weighted by Crippen LogP contribution is -2.30. The maximum Gasteiger partial charge on any atom is 0.255 e. The zero-order valence-electron chi connectivity index (χ0n) is 14.1. The van der Waals surface area contributed by atoms with Crippen LogP contribution < -0.4 is 10.2 Å². The van der Waals surface area contributed by atoms with Crippen molar-refractivity contribution in [1.82, 2.24) is 4.98 Å². The molecule has 1 saturated heterocycles. The van der Waals surface area contributed by atoms with Gasteiger partial charge in [0.15, 0.2) is 9.84 Å². The van der Waals surface area contributed by atoms with Crippen LogP contribution in [0, 0.1) is 0 Å². The first-order chi connectivity index (χ1) is 11.9. The molecule has 0 bridgehead atoms. The lowest BCUT2D eigenvalue weighted by atomic mass is 10.1. The summed E-state index contributed by atoms with van der Waals surface area (Å²) in [6, 6.07) is 9.70. The van der Waals surface area contributed by atoms with Crippen molar-refractivity contribution >= 4 is 27.2 Å². The highest BCUT2D eigenvalue weighted by molar-refractivity contribution is 7.90. The second-order valence-corrected chi connectivity index (χ2v) is 8.22. The van der Waals surface area contributed by atoms with Crippen molar-refractivity contribution in [3.8, 4) is 0 Å². The highest BCUT2D eigenvalue weighted by Gasteiger charge is 2.14. The average molecular weight is 359 g/mol. The van der Waals surface area contributed by atoms with E-state index in [1.165, 1.54) is 31.4 Å². The maximum absolute atomic E-state index is 12.3. The van der Waals surface area contributed by atoms with Crippen molar-refractivity contribution in [2.75, 3.05) is 29.6 Å². The third-order valence-electron chi connectivity index (χ3n) is 4.21. The van der Waals surface area contributed by atoms with Crippen LogP contribution in [0.1, 0.15) is 29.6 Å².